The average molecular weight is 400 g/mol. The maximum atomic E-state index is 13.5. The Hall–Kier alpha value is -2.76. The van der Waals surface area contributed by atoms with Crippen LogP contribution in [-0.2, 0) is 16.2 Å². The zero-order valence-corrected chi connectivity index (χ0v) is 17.0. The highest BCUT2D eigenvalue weighted by Crippen LogP contribution is 2.23. The number of benzene rings is 2. The zero-order valence-electron chi connectivity index (χ0n) is 17.0. The Morgan fingerprint density at radius 1 is 1.14 bits per heavy atom. The third-order valence-corrected chi connectivity index (χ3v) is 4.64. The van der Waals surface area contributed by atoms with Crippen molar-refractivity contribution in [2.75, 3.05) is 6.54 Å². The van der Waals surface area contributed by atoms with E-state index in [2.05, 4.69) is 5.16 Å². The van der Waals surface area contributed by atoms with Crippen LogP contribution in [0.1, 0.15) is 44.7 Å². The van der Waals surface area contributed by atoms with E-state index in [0.717, 1.165) is 5.56 Å². The molecule has 0 fully saturated rings. The summed E-state index contributed by atoms with van der Waals surface area (Å²) in [6.07, 6.45) is 0.572. The highest BCUT2D eigenvalue weighted by Gasteiger charge is 2.28. The van der Waals surface area contributed by atoms with Gasteiger partial charge in [0.05, 0.1) is 12.3 Å². The van der Waals surface area contributed by atoms with Crippen LogP contribution in [0.25, 0.3) is 0 Å². The van der Waals surface area contributed by atoms with Gasteiger partial charge >= 0.3 is 0 Å². The first kappa shape index (κ1) is 21.0. The zero-order chi connectivity index (χ0) is 21.0. The Morgan fingerprint density at radius 2 is 1.86 bits per heavy atom. The van der Waals surface area contributed by atoms with Crippen LogP contribution < -0.4 is 0 Å². The highest BCUT2D eigenvalue weighted by molar-refractivity contribution is 6.01. The first-order valence-electron chi connectivity index (χ1n) is 9.70. The van der Waals surface area contributed by atoms with E-state index < -0.39 is 0 Å². The lowest BCUT2D eigenvalue weighted by atomic mass is 9.91. The molecule has 0 radical (unpaired) electrons. The Labute approximate surface area is 170 Å². The SMILES string of the molecule is CC(C)(C)CC(=O)N(Cc1ccc(F)cc1)CC1CC(c2cccc(F)c2)=NO1. The summed E-state index contributed by atoms with van der Waals surface area (Å²) in [5.74, 6) is -0.634. The van der Waals surface area contributed by atoms with Crippen molar-refractivity contribution in [3.05, 3.63) is 71.3 Å². The summed E-state index contributed by atoms with van der Waals surface area (Å²) in [6.45, 7) is 6.76. The van der Waals surface area contributed by atoms with Crippen LogP contribution >= 0.6 is 0 Å². The van der Waals surface area contributed by atoms with Gasteiger partial charge in [-0.2, -0.15) is 0 Å². The molecule has 2 aromatic carbocycles. The van der Waals surface area contributed by atoms with Gasteiger partial charge in [0.25, 0.3) is 0 Å². The Balaban J connectivity index is 1.69. The molecule has 3 rings (SSSR count). The molecule has 1 amide bonds. The molecular formula is C23H26F2N2O2. The second-order valence-corrected chi connectivity index (χ2v) is 8.62. The second-order valence-electron chi connectivity index (χ2n) is 8.62. The summed E-state index contributed by atoms with van der Waals surface area (Å²) in [4.78, 5) is 20.2. The molecule has 1 aliphatic heterocycles. The molecular weight excluding hydrogens is 374 g/mol. The number of halogens is 2. The van der Waals surface area contributed by atoms with Crippen molar-refractivity contribution in [1.82, 2.24) is 4.90 Å². The van der Waals surface area contributed by atoms with Gasteiger partial charge in [0, 0.05) is 24.9 Å². The molecule has 0 N–H and O–H groups in total. The fraction of sp³-hybridized carbons (Fsp3) is 0.391. The molecule has 2 aromatic rings. The average Bonchev–Trinajstić information content (AvgIpc) is 3.10. The topological polar surface area (TPSA) is 41.9 Å². The van der Waals surface area contributed by atoms with Gasteiger partial charge in [-0.15, -0.1) is 0 Å². The minimum atomic E-state index is -0.327. The lowest BCUT2D eigenvalue weighted by Crippen LogP contribution is -2.38. The quantitative estimate of drug-likeness (QED) is 0.690. The van der Waals surface area contributed by atoms with Crippen LogP contribution in [0.15, 0.2) is 53.7 Å². The molecule has 0 bridgehead atoms. The van der Waals surface area contributed by atoms with Gasteiger partial charge in [0.15, 0.2) is 6.10 Å². The standard InChI is InChI=1S/C23H26F2N2O2/c1-23(2,3)13-22(28)27(14-16-7-9-18(24)10-8-16)15-20-12-21(26-29-20)17-5-4-6-19(25)11-17/h4-11,20H,12-15H2,1-3H3. The molecule has 6 heteroatoms. The van der Waals surface area contributed by atoms with Crippen molar-refractivity contribution in [3.63, 3.8) is 0 Å². The van der Waals surface area contributed by atoms with Gasteiger partial charge in [-0.3, -0.25) is 4.79 Å². The summed E-state index contributed by atoms with van der Waals surface area (Å²) in [5, 5.41) is 4.10. The van der Waals surface area contributed by atoms with Gasteiger partial charge in [-0.05, 0) is 35.2 Å². The minimum absolute atomic E-state index is 0.00429. The number of oxime groups is 1. The Bertz CT molecular complexity index is 888. The summed E-state index contributed by atoms with van der Waals surface area (Å²) in [6, 6.07) is 12.4. The molecule has 4 nitrogen and oxygen atoms in total. The smallest absolute Gasteiger partial charge is 0.223 e. The van der Waals surface area contributed by atoms with E-state index in [1.807, 2.05) is 20.8 Å². The minimum Gasteiger partial charge on any atom is -0.390 e. The monoisotopic (exact) mass is 400 g/mol. The van der Waals surface area contributed by atoms with E-state index in [0.29, 0.717) is 37.2 Å². The summed E-state index contributed by atoms with van der Waals surface area (Å²) in [5.41, 5.74) is 2.04. The molecule has 1 atom stereocenters. The van der Waals surface area contributed by atoms with Gasteiger partial charge in [0.1, 0.15) is 11.6 Å². The lowest BCUT2D eigenvalue weighted by Gasteiger charge is -2.28. The van der Waals surface area contributed by atoms with Crippen molar-refractivity contribution in [2.45, 2.75) is 46.3 Å². The summed E-state index contributed by atoms with van der Waals surface area (Å²) >= 11 is 0. The van der Waals surface area contributed by atoms with E-state index >= 15 is 0 Å². The molecule has 1 unspecified atom stereocenters. The first-order chi connectivity index (χ1) is 13.7. The van der Waals surface area contributed by atoms with Gasteiger partial charge < -0.3 is 9.74 Å². The number of carbonyl (C=O) groups is 1. The van der Waals surface area contributed by atoms with Crippen molar-refractivity contribution < 1.29 is 18.4 Å². The highest BCUT2D eigenvalue weighted by atomic mass is 19.1. The van der Waals surface area contributed by atoms with E-state index in [4.69, 9.17) is 4.84 Å². The van der Waals surface area contributed by atoms with Crippen molar-refractivity contribution in [3.8, 4) is 0 Å². The normalized spacial score (nSPS) is 16.3. The fourth-order valence-electron chi connectivity index (χ4n) is 3.24. The van der Waals surface area contributed by atoms with Crippen LogP contribution in [0.3, 0.4) is 0 Å². The first-order valence-corrected chi connectivity index (χ1v) is 9.70. The van der Waals surface area contributed by atoms with Crippen LogP contribution in [-0.4, -0.2) is 29.2 Å². The molecule has 154 valence electrons. The molecule has 1 aliphatic rings. The lowest BCUT2D eigenvalue weighted by molar-refractivity contribution is -0.135. The van der Waals surface area contributed by atoms with Crippen LogP contribution in [0.5, 0.6) is 0 Å². The third-order valence-electron chi connectivity index (χ3n) is 4.64. The number of amides is 1. The summed E-state index contributed by atoms with van der Waals surface area (Å²) in [7, 11) is 0. The van der Waals surface area contributed by atoms with E-state index in [-0.39, 0.29) is 29.1 Å². The molecule has 0 saturated carbocycles. The maximum absolute atomic E-state index is 13.5. The van der Waals surface area contributed by atoms with Crippen LogP contribution in [0.4, 0.5) is 8.78 Å². The molecule has 0 saturated heterocycles. The number of hydrogen-bond donors (Lipinski definition) is 0. The number of hydrogen-bond acceptors (Lipinski definition) is 3. The Kier molecular flexibility index (Phi) is 6.30. The summed E-state index contributed by atoms with van der Waals surface area (Å²) < 4.78 is 26.7. The third kappa shape index (κ3) is 6.11. The van der Waals surface area contributed by atoms with Crippen molar-refractivity contribution >= 4 is 11.6 Å². The van der Waals surface area contributed by atoms with Crippen LogP contribution in [0, 0.1) is 17.0 Å². The Morgan fingerprint density at radius 3 is 2.52 bits per heavy atom. The predicted octanol–water partition coefficient (Wildman–Crippen LogP) is 4.92. The molecule has 29 heavy (non-hydrogen) atoms. The fourth-order valence-corrected chi connectivity index (χ4v) is 3.24. The number of rotatable bonds is 6. The molecule has 0 aromatic heterocycles. The predicted molar refractivity (Wildman–Crippen MR) is 108 cm³/mol. The van der Waals surface area contributed by atoms with Crippen molar-refractivity contribution in [2.24, 2.45) is 10.6 Å². The van der Waals surface area contributed by atoms with E-state index in [9.17, 15) is 13.6 Å². The van der Waals surface area contributed by atoms with E-state index in [1.54, 1.807) is 29.2 Å². The van der Waals surface area contributed by atoms with Crippen molar-refractivity contribution in [1.29, 1.82) is 0 Å². The van der Waals surface area contributed by atoms with Gasteiger partial charge in [0.2, 0.25) is 5.91 Å². The molecule has 1 heterocycles. The molecule has 0 spiro atoms. The van der Waals surface area contributed by atoms with Gasteiger partial charge in [-0.25, -0.2) is 8.78 Å². The van der Waals surface area contributed by atoms with Gasteiger partial charge in [-0.1, -0.05) is 50.2 Å². The second kappa shape index (κ2) is 8.72. The largest absolute Gasteiger partial charge is 0.390 e. The molecule has 0 aliphatic carbocycles. The van der Waals surface area contributed by atoms with E-state index in [1.165, 1.54) is 24.3 Å². The maximum Gasteiger partial charge on any atom is 0.223 e. The number of nitrogens with zero attached hydrogens (tertiary/aromatic N) is 2. The number of carbonyl (C=O) groups excluding carboxylic acids is 1. The van der Waals surface area contributed by atoms with Crippen LogP contribution in [0.2, 0.25) is 0 Å².